The van der Waals surface area contributed by atoms with Crippen LogP contribution in [0.4, 0.5) is 5.69 Å². The second kappa shape index (κ2) is 8.35. The van der Waals surface area contributed by atoms with Crippen molar-refractivity contribution in [1.82, 2.24) is 0 Å². The van der Waals surface area contributed by atoms with E-state index in [1.807, 2.05) is 30.3 Å². The molecule has 0 radical (unpaired) electrons. The lowest BCUT2D eigenvalue weighted by Crippen LogP contribution is -2.07. The van der Waals surface area contributed by atoms with Crippen molar-refractivity contribution < 1.29 is 4.74 Å². The molecule has 0 atom stereocenters. The number of ether oxygens (including phenoxy) is 1. The average molecular weight is 283 g/mol. The zero-order chi connectivity index (χ0) is 14.9. The summed E-state index contributed by atoms with van der Waals surface area (Å²) in [7, 11) is 0. The maximum absolute atomic E-state index is 5.69. The van der Waals surface area contributed by atoms with Crippen LogP contribution in [0.3, 0.4) is 0 Å². The van der Waals surface area contributed by atoms with Crippen molar-refractivity contribution in [2.24, 2.45) is 0 Å². The maximum Gasteiger partial charge on any atom is 0.119 e. The molecule has 2 nitrogen and oxygen atoms in total. The SMILES string of the molecule is CC(C)c1ccccc1NCCCCOc1ccccc1. The average Bonchev–Trinajstić information content (AvgIpc) is 2.52. The van der Waals surface area contributed by atoms with Crippen molar-refractivity contribution in [1.29, 1.82) is 0 Å². The Bertz CT molecular complexity index is 522. The smallest absolute Gasteiger partial charge is 0.119 e. The van der Waals surface area contributed by atoms with Crippen molar-refractivity contribution in [2.45, 2.75) is 32.6 Å². The Kier molecular flexibility index (Phi) is 6.14. The lowest BCUT2D eigenvalue weighted by molar-refractivity contribution is 0.308. The summed E-state index contributed by atoms with van der Waals surface area (Å²) in [6.45, 7) is 6.22. The van der Waals surface area contributed by atoms with Gasteiger partial charge in [0.15, 0.2) is 0 Å². The van der Waals surface area contributed by atoms with Gasteiger partial charge in [-0.2, -0.15) is 0 Å². The first kappa shape index (κ1) is 15.4. The molecule has 0 bridgehead atoms. The number of unbranched alkanes of at least 4 members (excludes halogenated alkanes) is 1. The van der Waals surface area contributed by atoms with Gasteiger partial charge in [-0.25, -0.2) is 0 Å². The summed E-state index contributed by atoms with van der Waals surface area (Å²) in [6.07, 6.45) is 2.17. The normalized spacial score (nSPS) is 10.6. The minimum Gasteiger partial charge on any atom is -0.494 e. The van der Waals surface area contributed by atoms with E-state index in [0.717, 1.165) is 31.7 Å². The van der Waals surface area contributed by atoms with Crippen molar-refractivity contribution in [3.8, 4) is 5.75 Å². The molecular weight excluding hydrogens is 258 g/mol. The van der Waals surface area contributed by atoms with Gasteiger partial charge in [-0.1, -0.05) is 50.2 Å². The van der Waals surface area contributed by atoms with E-state index >= 15 is 0 Å². The Morgan fingerprint density at radius 2 is 1.62 bits per heavy atom. The van der Waals surface area contributed by atoms with Crippen LogP contribution in [-0.2, 0) is 0 Å². The zero-order valence-corrected chi connectivity index (χ0v) is 13.0. The van der Waals surface area contributed by atoms with Crippen molar-refractivity contribution in [3.05, 3.63) is 60.2 Å². The molecular formula is C19H25NO. The van der Waals surface area contributed by atoms with Crippen molar-refractivity contribution in [2.75, 3.05) is 18.5 Å². The maximum atomic E-state index is 5.69. The van der Waals surface area contributed by atoms with E-state index in [1.165, 1.54) is 11.3 Å². The molecule has 0 aromatic heterocycles. The van der Waals surface area contributed by atoms with Gasteiger partial charge >= 0.3 is 0 Å². The van der Waals surface area contributed by atoms with Crippen LogP contribution in [-0.4, -0.2) is 13.2 Å². The van der Waals surface area contributed by atoms with Gasteiger partial charge in [0.2, 0.25) is 0 Å². The highest BCUT2D eigenvalue weighted by molar-refractivity contribution is 5.52. The van der Waals surface area contributed by atoms with Gasteiger partial charge in [0, 0.05) is 12.2 Å². The topological polar surface area (TPSA) is 21.3 Å². The van der Waals surface area contributed by atoms with Gasteiger partial charge in [0.1, 0.15) is 5.75 Å². The van der Waals surface area contributed by atoms with Gasteiger partial charge in [-0.05, 0) is 42.5 Å². The Morgan fingerprint density at radius 3 is 2.38 bits per heavy atom. The Morgan fingerprint density at radius 1 is 0.905 bits per heavy atom. The number of rotatable bonds is 8. The Hall–Kier alpha value is -1.96. The largest absolute Gasteiger partial charge is 0.494 e. The number of hydrogen-bond donors (Lipinski definition) is 1. The third-order valence-corrected chi connectivity index (χ3v) is 3.48. The van der Waals surface area contributed by atoms with Gasteiger partial charge in [-0.15, -0.1) is 0 Å². The molecule has 0 saturated carbocycles. The molecule has 2 aromatic rings. The molecule has 2 heteroatoms. The summed E-state index contributed by atoms with van der Waals surface area (Å²) in [5.74, 6) is 1.51. The van der Waals surface area contributed by atoms with E-state index in [1.54, 1.807) is 0 Å². The minimum atomic E-state index is 0.551. The van der Waals surface area contributed by atoms with Crippen LogP contribution in [0.1, 0.15) is 38.2 Å². The summed E-state index contributed by atoms with van der Waals surface area (Å²) in [5.41, 5.74) is 2.65. The predicted octanol–water partition coefficient (Wildman–Crippen LogP) is 5.08. The van der Waals surface area contributed by atoms with Gasteiger partial charge in [0.05, 0.1) is 6.61 Å². The van der Waals surface area contributed by atoms with E-state index in [0.29, 0.717) is 5.92 Å². The van der Waals surface area contributed by atoms with E-state index in [9.17, 15) is 0 Å². The summed E-state index contributed by atoms with van der Waals surface area (Å²) in [6, 6.07) is 18.6. The standard InChI is InChI=1S/C19H25NO/c1-16(2)18-12-6-7-13-19(18)20-14-8-9-15-21-17-10-4-3-5-11-17/h3-7,10-13,16,20H,8-9,14-15H2,1-2H3. The number of benzene rings is 2. The summed E-state index contributed by atoms with van der Waals surface area (Å²) < 4.78 is 5.69. The fraction of sp³-hybridized carbons (Fsp3) is 0.368. The highest BCUT2D eigenvalue weighted by Gasteiger charge is 2.04. The van der Waals surface area contributed by atoms with E-state index in [2.05, 4.69) is 43.4 Å². The van der Waals surface area contributed by atoms with E-state index in [4.69, 9.17) is 4.74 Å². The molecule has 0 fully saturated rings. The molecule has 0 spiro atoms. The molecule has 0 aliphatic carbocycles. The fourth-order valence-electron chi connectivity index (χ4n) is 2.32. The summed E-state index contributed by atoms with van der Waals surface area (Å²) in [5, 5.41) is 3.54. The molecule has 0 saturated heterocycles. The first-order valence-corrected chi connectivity index (χ1v) is 7.78. The number of hydrogen-bond acceptors (Lipinski definition) is 2. The molecule has 0 heterocycles. The summed E-state index contributed by atoms with van der Waals surface area (Å²) in [4.78, 5) is 0. The first-order chi connectivity index (χ1) is 10.3. The van der Waals surface area contributed by atoms with Crippen LogP contribution in [0.15, 0.2) is 54.6 Å². The Balaban J connectivity index is 1.66. The van der Waals surface area contributed by atoms with Crippen LogP contribution in [0.2, 0.25) is 0 Å². The van der Waals surface area contributed by atoms with Crippen LogP contribution >= 0.6 is 0 Å². The molecule has 0 amide bonds. The highest BCUT2D eigenvalue weighted by Crippen LogP contribution is 2.23. The van der Waals surface area contributed by atoms with Gasteiger partial charge < -0.3 is 10.1 Å². The minimum absolute atomic E-state index is 0.551. The summed E-state index contributed by atoms with van der Waals surface area (Å²) >= 11 is 0. The van der Waals surface area contributed by atoms with Crippen molar-refractivity contribution in [3.63, 3.8) is 0 Å². The molecule has 21 heavy (non-hydrogen) atoms. The van der Waals surface area contributed by atoms with E-state index < -0.39 is 0 Å². The quantitative estimate of drug-likeness (QED) is 0.682. The second-order valence-electron chi connectivity index (χ2n) is 5.54. The molecule has 0 unspecified atom stereocenters. The second-order valence-corrected chi connectivity index (χ2v) is 5.54. The van der Waals surface area contributed by atoms with Gasteiger partial charge in [0.25, 0.3) is 0 Å². The molecule has 2 aromatic carbocycles. The Labute approximate surface area is 128 Å². The molecule has 112 valence electrons. The van der Waals surface area contributed by atoms with Crippen LogP contribution in [0, 0.1) is 0 Å². The third kappa shape index (κ3) is 5.14. The molecule has 0 aliphatic heterocycles. The highest BCUT2D eigenvalue weighted by atomic mass is 16.5. The molecule has 2 rings (SSSR count). The lowest BCUT2D eigenvalue weighted by Gasteiger charge is -2.14. The number of nitrogens with one attached hydrogen (secondary N) is 1. The zero-order valence-electron chi connectivity index (χ0n) is 13.0. The van der Waals surface area contributed by atoms with E-state index in [-0.39, 0.29) is 0 Å². The number of para-hydroxylation sites is 2. The van der Waals surface area contributed by atoms with Gasteiger partial charge in [-0.3, -0.25) is 0 Å². The van der Waals surface area contributed by atoms with Crippen molar-refractivity contribution >= 4 is 5.69 Å². The van der Waals surface area contributed by atoms with Crippen LogP contribution in [0.25, 0.3) is 0 Å². The lowest BCUT2D eigenvalue weighted by atomic mass is 10.0. The predicted molar refractivity (Wildman–Crippen MR) is 90.2 cm³/mol. The number of anilines is 1. The fourth-order valence-corrected chi connectivity index (χ4v) is 2.32. The van der Waals surface area contributed by atoms with Crippen LogP contribution < -0.4 is 10.1 Å². The third-order valence-electron chi connectivity index (χ3n) is 3.48. The van der Waals surface area contributed by atoms with Crippen LogP contribution in [0.5, 0.6) is 5.75 Å². The molecule has 0 aliphatic rings. The monoisotopic (exact) mass is 283 g/mol. The first-order valence-electron chi connectivity index (χ1n) is 7.78. The molecule has 1 N–H and O–H groups in total.